The minimum atomic E-state index is 0.501. The molecule has 0 aromatic carbocycles. The van der Waals surface area contributed by atoms with Crippen molar-refractivity contribution in [1.29, 1.82) is 0 Å². The Balaban J connectivity index is 2.26. The van der Waals surface area contributed by atoms with Crippen molar-refractivity contribution >= 4 is 17.3 Å². The van der Waals surface area contributed by atoms with Crippen LogP contribution in [0.5, 0.6) is 0 Å². The summed E-state index contributed by atoms with van der Waals surface area (Å²) in [5.74, 6) is 0.782. The summed E-state index contributed by atoms with van der Waals surface area (Å²) in [6.07, 6.45) is 1.32. The lowest BCUT2D eigenvalue weighted by Gasteiger charge is -2.17. The van der Waals surface area contributed by atoms with Crippen molar-refractivity contribution in [3.05, 3.63) is 0 Å². The fraction of sp³-hybridized carbons (Fsp3) is 0.900. The molecule has 76 valence electrons. The fourth-order valence-corrected chi connectivity index (χ4v) is 2.21. The molecule has 0 bridgehead atoms. The first-order valence-corrected chi connectivity index (χ1v) is 5.42. The zero-order valence-electron chi connectivity index (χ0n) is 8.98. The second-order valence-corrected chi connectivity index (χ2v) is 5.00. The molecular formula is C10H20N2S. The van der Waals surface area contributed by atoms with Gasteiger partial charge in [-0.3, -0.25) is 0 Å². The Labute approximate surface area is 86.5 Å². The number of rotatable bonds is 3. The first-order valence-electron chi connectivity index (χ1n) is 5.01. The van der Waals surface area contributed by atoms with Gasteiger partial charge in [-0.25, -0.2) is 0 Å². The number of hydrogen-bond donors (Lipinski definition) is 2. The summed E-state index contributed by atoms with van der Waals surface area (Å²) in [5.41, 5.74) is 0.522. The summed E-state index contributed by atoms with van der Waals surface area (Å²) >= 11 is 5.13. The topological polar surface area (TPSA) is 24.1 Å². The van der Waals surface area contributed by atoms with Crippen LogP contribution in [0.3, 0.4) is 0 Å². The highest BCUT2D eigenvalue weighted by Gasteiger charge is 2.48. The molecule has 0 aliphatic heterocycles. The van der Waals surface area contributed by atoms with E-state index in [9.17, 15) is 0 Å². The highest BCUT2D eigenvalue weighted by Crippen LogP contribution is 2.53. The molecule has 13 heavy (non-hydrogen) atoms. The van der Waals surface area contributed by atoms with Crippen molar-refractivity contribution in [1.82, 2.24) is 10.6 Å². The summed E-state index contributed by atoms with van der Waals surface area (Å²) in [6, 6.07) is 0.501. The van der Waals surface area contributed by atoms with Crippen LogP contribution in [0.25, 0.3) is 0 Å². The average molecular weight is 200 g/mol. The van der Waals surface area contributed by atoms with Gasteiger partial charge in [0, 0.05) is 12.6 Å². The normalized spacial score (nSPS) is 26.3. The second-order valence-electron chi connectivity index (χ2n) is 4.59. The molecule has 1 aliphatic rings. The third-order valence-corrected chi connectivity index (χ3v) is 3.15. The van der Waals surface area contributed by atoms with Crippen LogP contribution in [0, 0.1) is 11.3 Å². The summed E-state index contributed by atoms with van der Waals surface area (Å²) in [6.45, 7) is 9.79. The number of thiocarbonyl (C=S) groups is 1. The van der Waals surface area contributed by atoms with Crippen molar-refractivity contribution in [2.75, 3.05) is 6.54 Å². The quantitative estimate of drug-likeness (QED) is 0.681. The minimum Gasteiger partial charge on any atom is -0.363 e. The molecule has 1 aliphatic carbocycles. The van der Waals surface area contributed by atoms with Crippen molar-refractivity contribution in [3.8, 4) is 0 Å². The molecule has 0 spiro atoms. The maximum atomic E-state index is 5.13. The summed E-state index contributed by atoms with van der Waals surface area (Å²) in [5, 5.41) is 7.21. The zero-order valence-corrected chi connectivity index (χ0v) is 9.79. The molecule has 2 N–H and O–H groups in total. The number of nitrogens with one attached hydrogen (secondary N) is 2. The standard InChI is InChI=1S/C10H20N2S/c1-5-11-9(13)12-7(2)8-6-10(8,3)4/h7-8H,5-6H2,1-4H3,(H2,11,12,13). The molecule has 2 nitrogen and oxygen atoms in total. The lowest BCUT2D eigenvalue weighted by molar-refractivity contribution is 0.472. The molecule has 0 heterocycles. The van der Waals surface area contributed by atoms with Gasteiger partial charge in [0.15, 0.2) is 5.11 Å². The van der Waals surface area contributed by atoms with Gasteiger partial charge in [0.25, 0.3) is 0 Å². The Morgan fingerprint density at radius 3 is 2.54 bits per heavy atom. The molecule has 1 saturated carbocycles. The molecule has 2 unspecified atom stereocenters. The van der Waals surface area contributed by atoms with Gasteiger partial charge in [0.2, 0.25) is 0 Å². The predicted molar refractivity (Wildman–Crippen MR) is 60.8 cm³/mol. The molecule has 1 fully saturated rings. The minimum absolute atomic E-state index is 0.501. The largest absolute Gasteiger partial charge is 0.363 e. The van der Waals surface area contributed by atoms with E-state index in [1.165, 1.54) is 6.42 Å². The molecule has 0 amide bonds. The fourth-order valence-electron chi connectivity index (χ4n) is 1.88. The summed E-state index contributed by atoms with van der Waals surface area (Å²) in [7, 11) is 0. The van der Waals surface area contributed by atoms with E-state index in [0.29, 0.717) is 11.5 Å². The predicted octanol–water partition coefficient (Wildman–Crippen LogP) is 1.91. The third kappa shape index (κ3) is 2.83. The van der Waals surface area contributed by atoms with Crippen LogP contribution in [0.1, 0.15) is 34.1 Å². The van der Waals surface area contributed by atoms with E-state index in [1.807, 2.05) is 0 Å². The van der Waals surface area contributed by atoms with E-state index in [4.69, 9.17) is 12.2 Å². The number of hydrogen-bond acceptors (Lipinski definition) is 1. The van der Waals surface area contributed by atoms with Crippen molar-refractivity contribution in [3.63, 3.8) is 0 Å². The van der Waals surface area contributed by atoms with Crippen LogP contribution in [0.4, 0.5) is 0 Å². The van der Waals surface area contributed by atoms with Crippen LogP contribution >= 0.6 is 12.2 Å². The van der Waals surface area contributed by atoms with E-state index in [2.05, 4.69) is 38.3 Å². The highest BCUT2D eigenvalue weighted by molar-refractivity contribution is 7.80. The molecule has 2 atom stereocenters. The van der Waals surface area contributed by atoms with Gasteiger partial charge >= 0.3 is 0 Å². The Kier molecular flexibility index (Phi) is 3.17. The maximum absolute atomic E-state index is 5.13. The smallest absolute Gasteiger partial charge is 0.166 e. The van der Waals surface area contributed by atoms with Gasteiger partial charge in [-0.1, -0.05) is 13.8 Å². The van der Waals surface area contributed by atoms with Gasteiger partial charge in [-0.2, -0.15) is 0 Å². The Bertz CT molecular complexity index is 201. The summed E-state index contributed by atoms with van der Waals surface area (Å²) in [4.78, 5) is 0. The highest BCUT2D eigenvalue weighted by atomic mass is 32.1. The Hall–Kier alpha value is -0.310. The molecule has 0 saturated heterocycles. The van der Waals surface area contributed by atoms with Crippen LogP contribution < -0.4 is 10.6 Å². The molecule has 3 heteroatoms. The van der Waals surface area contributed by atoms with E-state index < -0.39 is 0 Å². The van der Waals surface area contributed by atoms with Crippen molar-refractivity contribution in [2.24, 2.45) is 11.3 Å². The zero-order chi connectivity index (χ0) is 10.1. The lowest BCUT2D eigenvalue weighted by Crippen LogP contribution is -2.41. The molecular weight excluding hydrogens is 180 g/mol. The van der Waals surface area contributed by atoms with Crippen molar-refractivity contribution in [2.45, 2.75) is 40.2 Å². The van der Waals surface area contributed by atoms with Crippen LogP contribution in [-0.2, 0) is 0 Å². The van der Waals surface area contributed by atoms with Gasteiger partial charge in [-0.05, 0) is 43.8 Å². The van der Waals surface area contributed by atoms with Crippen LogP contribution in [-0.4, -0.2) is 17.7 Å². The molecule has 0 aromatic heterocycles. The SMILES string of the molecule is CCNC(=S)NC(C)C1CC1(C)C. The first-order chi connectivity index (χ1) is 5.97. The van der Waals surface area contributed by atoms with E-state index in [-0.39, 0.29) is 0 Å². The average Bonchev–Trinajstić information content (AvgIpc) is 2.60. The second kappa shape index (κ2) is 3.82. The van der Waals surface area contributed by atoms with Gasteiger partial charge in [-0.15, -0.1) is 0 Å². The third-order valence-electron chi connectivity index (χ3n) is 2.89. The Morgan fingerprint density at radius 2 is 2.15 bits per heavy atom. The van der Waals surface area contributed by atoms with Gasteiger partial charge in [0.05, 0.1) is 0 Å². The van der Waals surface area contributed by atoms with Crippen molar-refractivity contribution < 1.29 is 0 Å². The molecule has 1 rings (SSSR count). The molecule has 0 radical (unpaired) electrons. The van der Waals surface area contributed by atoms with Gasteiger partial charge in [0.1, 0.15) is 0 Å². The van der Waals surface area contributed by atoms with E-state index in [0.717, 1.165) is 17.6 Å². The Morgan fingerprint density at radius 1 is 1.62 bits per heavy atom. The van der Waals surface area contributed by atoms with E-state index in [1.54, 1.807) is 0 Å². The lowest BCUT2D eigenvalue weighted by atomic mass is 10.1. The first kappa shape index (κ1) is 10.8. The maximum Gasteiger partial charge on any atom is 0.166 e. The molecule has 0 aromatic rings. The van der Waals surface area contributed by atoms with Crippen LogP contribution in [0.2, 0.25) is 0 Å². The van der Waals surface area contributed by atoms with Gasteiger partial charge < -0.3 is 10.6 Å². The van der Waals surface area contributed by atoms with Crippen LogP contribution in [0.15, 0.2) is 0 Å². The summed E-state index contributed by atoms with van der Waals surface area (Å²) < 4.78 is 0. The monoisotopic (exact) mass is 200 g/mol. The van der Waals surface area contributed by atoms with E-state index >= 15 is 0 Å².